The fourth-order valence-electron chi connectivity index (χ4n) is 0.996. The van der Waals surface area contributed by atoms with E-state index in [-0.39, 0.29) is 11.5 Å². The van der Waals surface area contributed by atoms with Gasteiger partial charge in [-0.25, -0.2) is 0 Å². The van der Waals surface area contributed by atoms with E-state index in [1.54, 1.807) is 24.3 Å². The van der Waals surface area contributed by atoms with Crippen molar-refractivity contribution in [3.05, 3.63) is 35.4 Å². The molecule has 0 radical (unpaired) electrons. The third-order valence-electron chi connectivity index (χ3n) is 1.75. The Morgan fingerprint density at radius 3 is 2.47 bits per heavy atom. The Labute approximate surface area is 102 Å². The van der Waals surface area contributed by atoms with Crippen LogP contribution < -0.4 is 0 Å². The van der Waals surface area contributed by atoms with Crippen LogP contribution in [0.1, 0.15) is 20.8 Å². The topological polar surface area (TPSA) is 40.9 Å². The molecule has 0 heterocycles. The van der Waals surface area contributed by atoms with Crippen molar-refractivity contribution in [2.75, 3.05) is 5.75 Å². The number of thiocyanates is 1. The molecule has 0 amide bonds. The molecule has 1 aromatic carbocycles. The number of thioether (sulfide) groups is 1. The first-order valence-corrected chi connectivity index (χ1v) is 5.93. The van der Waals surface area contributed by atoms with E-state index >= 15 is 0 Å². The van der Waals surface area contributed by atoms with Gasteiger partial charge in [-0.05, 0) is 17.3 Å². The summed E-state index contributed by atoms with van der Waals surface area (Å²) in [5, 5.41) is 10.2. The summed E-state index contributed by atoms with van der Waals surface area (Å²) < 4.78 is 0. The minimum atomic E-state index is -0.581. The second-order valence-corrected chi connectivity index (χ2v) is 4.58. The Kier molecular flexibility index (Phi) is 4.97. The molecule has 78 valence electrons. The molecular formula is C10H7Cl2NOS. The number of ketones is 1. The number of rotatable bonds is 4. The smallest absolute Gasteiger partial charge is 0.173 e. The first kappa shape index (κ1) is 12.4. The standard InChI is InChI=1S/C10H7Cl2NOS/c11-10(12)8-3-1-7(2-4-8)9(14)5-15-6-13/h1-4,10H,5H2. The highest BCUT2D eigenvalue weighted by Gasteiger charge is 2.07. The SMILES string of the molecule is N#CSCC(=O)c1ccc(C(Cl)Cl)cc1. The third kappa shape index (κ3) is 3.75. The summed E-state index contributed by atoms with van der Waals surface area (Å²) in [6, 6.07) is 6.73. The number of hydrogen-bond donors (Lipinski definition) is 0. The lowest BCUT2D eigenvalue weighted by molar-refractivity contribution is 0.102. The zero-order valence-electron chi connectivity index (χ0n) is 7.61. The van der Waals surface area contributed by atoms with E-state index in [1.807, 2.05) is 5.40 Å². The second kappa shape index (κ2) is 6.02. The van der Waals surface area contributed by atoms with Crippen molar-refractivity contribution in [3.8, 4) is 5.40 Å². The van der Waals surface area contributed by atoms with E-state index in [1.165, 1.54) is 0 Å². The highest BCUT2D eigenvalue weighted by Crippen LogP contribution is 2.24. The van der Waals surface area contributed by atoms with Gasteiger partial charge in [0.05, 0.1) is 5.75 Å². The molecule has 0 N–H and O–H groups in total. The molecular weight excluding hydrogens is 253 g/mol. The van der Waals surface area contributed by atoms with Crippen molar-refractivity contribution in [1.29, 1.82) is 5.26 Å². The average Bonchev–Trinajstić information content (AvgIpc) is 2.26. The Morgan fingerprint density at radius 2 is 2.00 bits per heavy atom. The fraction of sp³-hybridized carbons (Fsp3) is 0.200. The molecule has 0 saturated heterocycles. The minimum Gasteiger partial charge on any atom is -0.293 e. The monoisotopic (exact) mass is 259 g/mol. The lowest BCUT2D eigenvalue weighted by Gasteiger charge is -2.02. The molecule has 0 aromatic heterocycles. The van der Waals surface area contributed by atoms with E-state index in [0.29, 0.717) is 5.56 Å². The zero-order valence-corrected chi connectivity index (χ0v) is 9.94. The Bertz CT molecular complexity index is 383. The lowest BCUT2D eigenvalue weighted by Crippen LogP contribution is -2.01. The third-order valence-corrected chi connectivity index (χ3v) is 2.79. The van der Waals surface area contributed by atoms with Gasteiger partial charge in [0, 0.05) is 5.56 Å². The van der Waals surface area contributed by atoms with Gasteiger partial charge in [0.1, 0.15) is 10.2 Å². The van der Waals surface area contributed by atoms with Crippen LogP contribution in [0, 0.1) is 10.7 Å². The quantitative estimate of drug-likeness (QED) is 0.472. The predicted octanol–water partition coefficient (Wildman–Crippen LogP) is 3.56. The van der Waals surface area contributed by atoms with Gasteiger partial charge < -0.3 is 0 Å². The van der Waals surface area contributed by atoms with Crippen LogP contribution in [0.3, 0.4) is 0 Å². The summed E-state index contributed by atoms with van der Waals surface area (Å²) in [5.74, 6) is 0.0925. The van der Waals surface area contributed by atoms with Gasteiger partial charge in [0.25, 0.3) is 0 Å². The summed E-state index contributed by atoms with van der Waals surface area (Å²) in [7, 11) is 0. The Hall–Kier alpha value is -0.690. The maximum Gasteiger partial charge on any atom is 0.173 e. The normalized spacial score (nSPS) is 10.0. The zero-order chi connectivity index (χ0) is 11.3. The number of halogens is 2. The van der Waals surface area contributed by atoms with Crippen LogP contribution in [0.2, 0.25) is 0 Å². The highest BCUT2D eigenvalue weighted by molar-refractivity contribution is 8.04. The van der Waals surface area contributed by atoms with Gasteiger partial charge in [-0.1, -0.05) is 24.3 Å². The molecule has 2 nitrogen and oxygen atoms in total. The van der Waals surface area contributed by atoms with E-state index in [9.17, 15) is 4.79 Å². The maximum absolute atomic E-state index is 11.4. The van der Waals surface area contributed by atoms with Crippen molar-refractivity contribution >= 4 is 40.7 Å². The molecule has 15 heavy (non-hydrogen) atoms. The van der Waals surface area contributed by atoms with Crippen LogP contribution >= 0.6 is 35.0 Å². The van der Waals surface area contributed by atoms with Crippen LogP contribution in [-0.2, 0) is 0 Å². The number of alkyl halides is 2. The van der Waals surface area contributed by atoms with E-state index in [4.69, 9.17) is 28.5 Å². The van der Waals surface area contributed by atoms with Gasteiger partial charge in [-0.15, -0.1) is 23.2 Å². The molecule has 1 rings (SSSR count). The minimum absolute atomic E-state index is 0.0752. The Balaban J connectivity index is 2.72. The van der Waals surface area contributed by atoms with Gasteiger partial charge in [-0.3, -0.25) is 4.79 Å². The number of nitrogens with zero attached hydrogens (tertiary/aromatic N) is 1. The molecule has 0 saturated carbocycles. The molecule has 0 atom stereocenters. The van der Waals surface area contributed by atoms with Gasteiger partial charge in [-0.2, -0.15) is 5.26 Å². The number of Topliss-reactive ketones (excluding diaryl/α,β-unsaturated/α-hetero) is 1. The first-order chi connectivity index (χ1) is 7.15. The number of nitriles is 1. The second-order valence-electron chi connectivity index (χ2n) is 2.73. The van der Waals surface area contributed by atoms with Gasteiger partial charge in [0.2, 0.25) is 0 Å². The number of carbonyl (C=O) groups is 1. The molecule has 0 bridgehead atoms. The molecule has 0 aliphatic heterocycles. The van der Waals surface area contributed by atoms with Crippen molar-refractivity contribution < 1.29 is 4.79 Å². The molecule has 0 aliphatic rings. The molecule has 0 unspecified atom stereocenters. The summed E-state index contributed by atoms with van der Waals surface area (Å²) in [4.78, 5) is 10.9. The molecule has 0 fully saturated rings. The number of hydrogen-bond acceptors (Lipinski definition) is 3. The average molecular weight is 260 g/mol. The predicted molar refractivity (Wildman–Crippen MR) is 63.3 cm³/mol. The van der Waals surface area contributed by atoms with Crippen molar-refractivity contribution in [2.24, 2.45) is 0 Å². The van der Waals surface area contributed by atoms with Crippen LogP contribution in [-0.4, -0.2) is 11.5 Å². The summed E-state index contributed by atoms with van der Waals surface area (Å²) in [5.41, 5.74) is 1.32. The molecule has 0 aliphatic carbocycles. The molecule has 0 spiro atoms. The van der Waals surface area contributed by atoms with Crippen molar-refractivity contribution in [3.63, 3.8) is 0 Å². The number of benzene rings is 1. The van der Waals surface area contributed by atoms with Crippen molar-refractivity contribution in [2.45, 2.75) is 4.84 Å². The van der Waals surface area contributed by atoms with Crippen LogP contribution in [0.5, 0.6) is 0 Å². The van der Waals surface area contributed by atoms with Crippen LogP contribution in [0.4, 0.5) is 0 Å². The summed E-state index contributed by atoms with van der Waals surface area (Å²) in [6.07, 6.45) is 0. The van der Waals surface area contributed by atoms with Gasteiger partial charge in [0.15, 0.2) is 5.78 Å². The van der Waals surface area contributed by atoms with Gasteiger partial charge >= 0.3 is 0 Å². The van der Waals surface area contributed by atoms with E-state index in [2.05, 4.69) is 0 Å². The van der Waals surface area contributed by atoms with Crippen LogP contribution in [0.15, 0.2) is 24.3 Å². The Morgan fingerprint density at radius 1 is 1.40 bits per heavy atom. The maximum atomic E-state index is 11.4. The number of carbonyl (C=O) groups excluding carboxylic acids is 1. The van der Waals surface area contributed by atoms with Crippen molar-refractivity contribution in [1.82, 2.24) is 0 Å². The summed E-state index contributed by atoms with van der Waals surface area (Å²) in [6.45, 7) is 0. The largest absolute Gasteiger partial charge is 0.293 e. The first-order valence-electron chi connectivity index (χ1n) is 4.07. The molecule has 5 heteroatoms. The van der Waals surface area contributed by atoms with E-state index in [0.717, 1.165) is 17.3 Å². The molecule has 1 aromatic rings. The highest BCUT2D eigenvalue weighted by atomic mass is 35.5. The fourth-order valence-corrected chi connectivity index (χ4v) is 1.65. The lowest BCUT2D eigenvalue weighted by atomic mass is 10.1. The van der Waals surface area contributed by atoms with Crippen LogP contribution in [0.25, 0.3) is 0 Å². The summed E-state index contributed by atoms with van der Waals surface area (Å²) >= 11 is 12.2. The van der Waals surface area contributed by atoms with E-state index < -0.39 is 4.84 Å².